The van der Waals surface area contributed by atoms with Crippen LogP contribution >= 0.6 is 11.6 Å². The average Bonchev–Trinajstić information content (AvgIpc) is 2.38. The molecule has 1 saturated heterocycles. The molecule has 3 nitrogen and oxygen atoms in total. The van der Waals surface area contributed by atoms with Crippen LogP contribution in [0.15, 0.2) is 18.2 Å². The molecule has 1 fully saturated rings. The van der Waals surface area contributed by atoms with Gasteiger partial charge < -0.3 is 14.8 Å². The fourth-order valence-electron chi connectivity index (χ4n) is 2.04. The average molecular weight is 256 g/mol. The van der Waals surface area contributed by atoms with E-state index in [0.717, 1.165) is 48.9 Å². The van der Waals surface area contributed by atoms with Crippen LogP contribution in [0, 0.1) is 0 Å². The Labute approximate surface area is 107 Å². The lowest BCUT2D eigenvalue weighted by atomic mass is 10.1. The minimum atomic E-state index is 0.535. The molecule has 0 radical (unpaired) electrons. The van der Waals surface area contributed by atoms with Gasteiger partial charge in [0.15, 0.2) is 0 Å². The number of rotatable bonds is 4. The zero-order valence-corrected chi connectivity index (χ0v) is 10.8. The molecule has 0 amide bonds. The maximum Gasteiger partial charge on any atom is 0.123 e. The molecule has 1 aromatic rings. The van der Waals surface area contributed by atoms with E-state index in [1.807, 2.05) is 18.2 Å². The van der Waals surface area contributed by atoms with Crippen LogP contribution in [0.1, 0.15) is 18.4 Å². The molecule has 94 valence electrons. The van der Waals surface area contributed by atoms with Crippen LogP contribution in [0.2, 0.25) is 5.02 Å². The summed E-state index contributed by atoms with van der Waals surface area (Å²) in [7, 11) is 1.68. The van der Waals surface area contributed by atoms with E-state index in [1.165, 1.54) is 0 Å². The smallest absolute Gasteiger partial charge is 0.123 e. The number of hydrogen-bond acceptors (Lipinski definition) is 3. The van der Waals surface area contributed by atoms with Crippen molar-refractivity contribution in [2.45, 2.75) is 25.4 Å². The second-order valence-electron chi connectivity index (χ2n) is 4.22. The van der Waals surface area contributed by atoms with Crippen molar-refractivity contribution in [1.29, 1.82) is 0 Å². The summed E-state index contributed by atoms with van der Waals surface area (Å²) >= 11 is 5.99. The molecule has 0 spiro atoms. The molecular formula is C13H18ClNO2. The number of halogens is 1. The van der Waals surface area contributed by atoms with Gasteiger partial charge in [-0.15, -0.1) is 0 Å². The number of hydrogen-bond donors (Lipinski definition) is 1. The van der Waals surface area contributed by atoms with Crippen LogP contribution in [0.25, 0.3) is 0 Å². The third-order valence-electron chi connectivity index (χ3n) is 3.04. The molecule has 1 heterocycles. The van der Waals surface area contributed by atoms with Gasteiger partial charge in [0.1, 0.15) is 5.75 Å². The number of nitrogens with one attached hydrogen (secondary N) is 1. The van der Waals surface area contributed by atoms with Gasteiger partial charge in [0.25, 0.3) is 0 Å². The second kappa shape index (κ2) is 6.24. The first-order chi connectivity index (χ1) is 8.29. The second-order valence-corrected chi connectivity index (χ2v) is 4.66. The van der Waals surface area contributed by atoms with Crippen LogP contribution in [0.3, 0.4) is 0 Å². The maximum atomic E-state index is 5.99. The highest BCUT2D eigenvalue weighted by Gasteiger charge is 2.13. The highest BCUT2D eigenvalue weighted by atomic mass is 35.5. The first kappa shape index (κ1) is 12.7. The van der Waals surface area contributed by atoms with E-state index < -0.39 is 0 Å². The van der Waals surface area contributed by atoms with Crippen LogP contribution in [-0.2, 0) is 11.3 Å². The van der Waals surface area contributed by atoms with Crippen molar-refractivity contribution in [2.24, 2.45) is 0 Å². The van der Waals surface area contributed by atoms with Crippen LogP contribution < -0.4 is 10.1 Å². The fraction of sp³-hybridized carbons (Fsp3) is 0.538. The number of methoxy groups -OCH3 is 1. The Morgan fingerprint density at radius 3 is 2.88 bits per heavy atom. The summed E-state index contributed by atoms with van der Waals surface area (Å²) in [6.07, 6.45) is 2.14. The first-order valence-electron chi connectivity index (χ1n) is 5.93. The van der Waals surface area contributed by atoms with Crippen LogP contribution in [0.4, 0.5) is 0 Å². The molecule has 1 aliphatic rings. The summed E-state index contributed by atoms with van der Waals surface area (Å²) in [5, 5.41) is 4.27. The summed E-state index contributed by atoms with van der Waals surface area (Å²) in [5.74, 6) is 0.883. The maximum absolute atomic E-state index is 5.99. The predicted octanol–water partition coefficient (Wildman–Crippen LogP) is 2.62. The molecule has 1 aromatic carbocycles. The third-order valence-corrected chi connectivity index (χ3v) is 3.28. The lowest BCUT2D eigenvalue weighted by Gasteiger charge is -2.23. The Bertz CT molecular complexity index is 364. The summed E-state index contributed by atoms with van der Waals surface area (Å²) in [4.78, 5) is 0. The van der Waals surface area contributed by atoms with E-state index in [0.29, 0.717) is 6.04 Å². The topological polar surface area (TPSA) is 30.5 Å². The Hall–Kier alpha value is -0.770. The Kier molecular flexibility index (Phi) is 4.66. The van der Waals surface area contributed by atoms with Crippen molar-refractivity contribution in [2.75, 3.05) is 20.3 Å². The SMILES string of the molecule is COc1ccc(Cl)cc1CNC1CCOCC1. The van der Waals surface area contributed by atoms with E-state index in [-0.39, 0.29) is 0 Å². The van der Waals surface area contributed by atoms with Crippen molar-refractivity contribution in [3.8, 4) is 5.75 Å². The quantitative estimate of drug-likeness (QED) is 0.897. The van der Waals surface area contributed by atoms with Gasteiger partial charge in [-0.3, -0.25) is 0 Å². The third kappa shape index (κ3) is 3.60. The van der Waals surface area contributed by atoms with Gasteiger partial charge in [0.2, 0.25) is 0 Å². The van der Waals surface area contributed by atoms with Gasteiger partial charge in [0.05, 0.1) is 7.11 Å². The molecule has 1 N–H and O–H groups in total. The van der Waals surface area contributed by atoms with Crippen LogP contribution in [-0.4, -0.2) is 26.4 Å². The number of benzene rings is 1. The molecule has 1 aliphatic heterocycles. The molecular weight excluding hydrogens is 238 g/mol. The molecule has 0 aliphatic carbocycles. The highest BCUT2D eigenvalue weighted by Crippen LogP contribution is 2.22. The monoisotopic (exact) mass is 255 g/mol. The molecule has 0 saturated carbocycles. The van der Waals surface area contributed by atoms with Gasteiger partial charge in [0, 0.05) is 36.4 Å². The Morgan fingerprint density at radius 2 is 2.18 bits per heavy atom. The van der Waals surface area contributed by atoms with Crippen molar-refractivity contribution in [1.82, 2.24) is 5.32 Å². The van der Waals surface area contributed by atoms with E-state index in [2.05, 4.69) is 5.32 Å². The zero-order valence-electron chi connectivity index (χ0n) is 10.0. The Balaban J connectivity index is 1.95. The van der Waals surface area contributed by atoms with E-state index in [9.17, 15) is 0 Å². The van der Waals surface area contributed by atoms with Gasteiger partial charge in [-0.1, -0.05) is 11.6 Å². The fourth-order valence-corrected chi connectivity index (χ4v) is 2.24. The van der Waals surface area contributed by atoms with E-state index in [1.54, 1.807) is 7.11 Å². The predicted molar refractivity (Wildman–Crippen MR) is 68.7 cm³/mol. The summed E-state index contributed by atoms with van der Waals surface area (Å²) in [6.45, 7) is 2.49. The van der Waals surface area contributed by atoms with Crippen LogP contribution in [0.5, 0.6) is 5.75 Å². The Morgan fingerprint density at radius 1 is 1.41 bits per heavy atom. The van der Waals surface area contributed by atoms with Crippen molar-refractivity contribution < 1.29 is 9.47 Å². The minimum Gasteiger partial charge on any atom is -0.496 e. The van der Waals surface area contributed by atoms with Gasteiger partial charge in [-0.25, -0.2) is 0 Å². The summed E-state index contributed by atoms with van der Waals surface area (Å²) in [6, 6.07) is 6.24. The first-order valence-corrected chi connectivity index (χ1v) is 6.31. The normalized spacial score (nSPS) is 17.1. The molecule has 0 unspecified atom stereocenters. The number of ether oxygens (including phenoxy) is 2. The van der Waals surface area contributed by atoms with Crippen molar-refractivity contribution in [3.05, 3.63) is 28.8 Å². The largest absolute Gasteiger partial charge is 0.496 e. The minimum absolute atomic E-state index is 0.535. The highest BCUT2D eigenvalue weighted by molar-refractivity contribution is 6.30. The zero-order chi connectivity index (χ0) is 12.1. The lowest BCUT2D eigenvalue weighted by molar-refractivity contribution is 0.0775. The molecule has 0 aromatic heterocycles. The molecule has 17 heavy (non-hydrogen) atoms. The summed E-state index contributed by atoms with van der Waals surface area (Å²) < 4.78 is 10.6. The summed E-state index contributed by atoms with van der Waals surface area (Å²) in [5.41, 5.74) is 1.10. The van der Waals surface area contributed by atoms with E-state index in [4.69, 9.17) is 21.1 Å². The van der Waals surface area contributed by atoms with Gasteiger partial charge >= 0.3 is 0 Å². The van der Waals surface area contributed by atoms with Gasteiger partial charge in [-0.05, 0) is 31.0 Å². The molecule has 4 heteroatoms. The standard InChI is InChI=1S/C13H18ClNO2/c1-16-13-3-2-11(14)8-10(13)9-15-12-4-6-17-7-5-12/h2-3,8,12,15H,4-7,9H2,1H3. The molecule has 2 rings (SSSR count). The molecule has 0 bridgehead atoms. The van der Waals surface area contributed by atoms with Crippen molar-refractivity contribution in [3.63, 3.8) is 0 Å². The lowest BCUT2D eigenvalue weighted by Crippen LogP contribution is -2.34. The van der Waals surface area contributed by atoms with Crippen molar-refractivity contribution >= 4 is 11.6 Å². The van der Waals surface area contributed by atoms with Gasteiger partial charge in [-0.2, -0.15) is 0 Å². The van der Waals surface area contributed by atoms with E-state index >= 15 is 0 Å². The molecule has 0 atom stereocenters.